The number of hydrogen-bond donors (Lipinski definition) is 0. The van der Waals surface area contributed by atoms with Crippen LogP contribution in [0, 0.1) is 5.41 Å². The molecular weight excluding hydrogens is 320 g/mol. The first-order valence-electron chi connectivity index (χ1n) is 8.36. The minimum absolute atomic E-state index is 0.0976. The molecule has 1 amide bonds. The van der Waals surface area contributed by atoms with Crippen LogP contribution in [0.25, 0.3) is 0 Å². The molecule has 0 N–H and O–H groups in total. The maximum Gasteiger partial charge on any atom is 0.491 e. The van der Waals surface area contributed by atoms with Crippen LogP contribution in [0.3, 0.4) is 0 Å². The topological polar surface area (TPSA) is 59.0 Å². The van der Waals surface area contributed by atoms with Gasteiger partial charge in [0.25, 0.3) is 0 Å². The van der Waals surface area contributed by atoms with E-state index >= 15 is 0 Å². The van der Waals surface area contributed by atoms with Crippen molar-refractivity contribution < 1.29 is 14.0 Å². The van der Waals surface area contributed by atoms with E-state index in [0.29, 0.717) is 13.1 Å². The first-order chi connectivity index (χ1) is 11.3. The van der Waals surface area contributed by atoms with Crippen molar-refractivity contribution in [2.75, 3.05) is 13.1 Å². The smallest absolute Gasteiger partial charge is 0.444 e. The molecule has 2 aliphatic rings. The van der Waals surface area contributed by atoms with Crippen LogP contribution in [0.1, 0.15) is 44.7 Å². The Hall–Kier alpha value is -1.82. The fourth-order valence-corrected chi connectivity index (χ4v) is 4.17. The molecule has 3 rings (SSSR count). The minimum Gasteiger partial charge on any atom is -0.444 e. The second kappa shape index (κ2) is 6.24. The molecule has 1 fully saturated rings. The van der Waals surface area contributed by atoms with Gasteiger partial charge in [0.05, 0.1) is 0 Å². The highest BCUT2D eigenvalue weighted by Gasteiger charge is 2.46. The number of piperidine rings is 1. The zero-order valence-electron chi connectivity index (χ0n) is 14.5. The summed E-state index contributed by atoms with van der Waals surface area (Å²) in [5.74, 6) is 0. The summed E-state index contributed by atoms with van der Waals surface area (Å²) >= 11 is 0. The third-order valence-electron chi connectivity index (χ3n) is 4.83. The summed E-state index contributed by atoms with van der Waals surface area (Å²) in [6.45, 7) is 6.92. The number of carbonyl (C=O) groups is 1. The van der Waals surface area contributed by atoms with Crippen molar-refractivity contribution in [2.45, 2.75) is 45.6 Å². The molecule has 1 aromatic rings. The van der Waals surface area contributed by atoms with E-state index in [4.69, 9.17) is 4.74 Å². The molecule has 1 saturated heterocycles. The van der Waals surface area contributed by atoms with Gasteiger partial charge in [-0.25, -0.2) is 4.79 Å². The maximum absolute atomic E-state index is 12.3. The van der Waals surface area contributed by atoms with E-state index in [9.17, 15) is 9.26 Å². The van der Waals surface area contributed by atoms with Crippen LogP contribution in [-0.2, 0) is 15.6 Å². The summed E-state index contributed by atoms with van der Waals surface area (Å²) in [4.78, 5) is 14.0. The summed E-state index contributed by atoms with van der Waals surface area (Å²) in [6, 6.07) is 8.21. The first-order valence-corrected chi connectivity index (χ1v) is 9.22. The average Bonchev–Trinajstić information content (AvgIpc) is 2.80. The Labute approximate surface area is 145 Å². The second-order valence-corrected chi connectivity index (χ2v) is 8.04. The number of fused-ring (bicyclic) bond motifs is 1. The molecule has 24 heavy (non-hydrogen) atoms. The maximum atomic E-state index is 12.3. The van der Waals surface area contributed by atoms with Crippen LogP contribution in [0.15, 0.2) is 28.9 Å². The SMILES string of the molecule is CC(C)(C)OC(=O)N1CCC2(CC1)Cc1ccccc1C2=N[Si]=O. The van der Waals surface area contributed by atoms with E-state index in [1.807, 2.05) is 32.9 Å². The van der Waals surface area contributed by atoms with Gasteiger partial charge < -0.3 is 14.1 Å². The van der Waals surface area contributed by atoms with E-state index in [1.165, 1.54) is 5.56 Å². The molecule has 1 aliphatic heterocycles. The predicted octanol–water partition coefficient (Wildman–Crippen LogP) is 3.01. The highest BCUT2D eigenvalue weighted by Crippen LogP contribution is 2.45. The van der Waals surface area contributed by atoms with Crippen LogP contribution in [0.5, 0.6) is 0 Å². The Kier molecular flexibility index (Phi) is 4.42. The van der Waals surface area contributed by atoms with E-state index in [2.05, 4.69) is 16.8 Å². The number of rotatable bonds is 1. The van der Waals surface area contributed by atoms with Crippen molar-refractivity contribution in [3.8, 4) is 0 Å². The third kappa shape index (κ3) is 3.20. The van der Waals surface area contributed by atoms with Gasteiger partial charge in [-0.3, -0.25) is 4.66 Å². The molecular formula is C18H23N2O3Si. The lowest BCUT2D eigenvalue weighted by Gasteiger charge is -2.40. The number of amides is 1. The van der Waals surface area contributed by atoms with Gasteiger partial charge in [-0.05, 0) is 51.2 Å². The Morgan fingerprint density at radius 3 is 2.54 bits per heavy atom. The highest BCUT2D eigenvalue weighted by atomic mass is 28.2. The largest absolute Gasteiger partial charge is 0.491 e. The lowest BCUT2D eigenvalue weighted by molar-refractivity contribution is 0.0159. The molecule has 1 spiro atoms. The zero-order valence-corrected chi connectivity index (χ0v) is 15.5. The van der Waals surface area contributed by atoms with E-state index in [-0.39, 0.29) is 11.5 Å². The molecule has 0 unspecified atom stereocenters. The summed E-state index contributed by atoms with van der Waals surface area (Å²) in [5.41, 5.74) is 2.76. The molecule has 1 heterocycles. The fraction of sp³-hybridized carbons (Fsp3) is 0.556. The summed E-state index contributed by atoms with van der Waals surface area (Å²) in [7, 11) is -0.684. The molecule has 1 aliphatic carbocycles. The van der Waals surface area contributed by atoms with Crippen molar-refractivity contribution in [2.24, 2.45) is 10.1 Å². The molecule has 6 heteroatoms. The Balaban J connectivity index is 1.77. The van der Waals surface area contributed by atoms with E-state index < -0.39 is 15.2 Å². The molecule has 127 valence electrons. The summed E-state index contributed by atoms with van der Waals surface area (Å²) in [5, 5.41) is 0. The Morgan fingerprint density at radius 2 is 1.92 bits per heavy atom. The van der Waals surface area contributed by atoms with Gasteiger partial charge in [-0.1, -0.05) is 24.3 Å². The first kappa shape index (κ1) is 17.0. The van der Waals surface area contributed by atoms with Crippen molar-refractivity contribution in [3.63, 3.8) is 0 Å². The summed E-state index contributed by atoms with van der Waals surface area (Å²) < 4.78 is 21.0. The number of ether oxygens (including phenoxy) is 1. The highest BCUT2D eigenvalue weighted by molar-refractivity contribution is 6.24. The van der Waals surface area contributed by atoms with Crippen molar-refractivity contribution >= 4 is 21.4 Å². The molecule has 0 saturated carbocycles. The molecule has 1 radical (unpaired) electrons. The van der Waals surface area contributed by atoms with Gasteiger partial charge in [0.2, 0.25) is 0 Å². The normalized spacial score (nSPS) is 21.0. The van der Waals surface area contributed by atoms with Crippen molar-refractivity contribution in [1.82, 2.24) is 4.90 Å². The number of benzene rings is 1. The zero-order chi connectivity index (χ0) is 17.4. The van der Waals surface area contributed by atoms with Crippen LogP contribution < -0.4 is 0 Å². The molecule has 0 bridgehead atoms. The Morgan fingerprint density at radius 1 is 1.25 bits per heavy atom. The lowest BCUT2D eigenvalue weighted by atomic mass is 9.74. The molecule has 1 aromatic carbocycles. The van der Waals surface area contributed by atoms with E-state index in [0.717, 1.165) is 30.5 Å². The second-order valence-electron chi connectivity index (χ2n) is 7.63. The standard InChI is InChI=1S/C18H23N2O3Si/c1-17(2,3)23-16(21)20-10-8-18(9-11-20)12-13-6-4-5-7-14(13)15(18)19-24-22/h4-7H,8-12H2,1-3H3. The number of likely N-dealkylation sites (tertiary alicyclic amines) is 1. The van der Waals surface area contributed by atoms with Gasteiger partial charge in [0.15, 0.2) is 0 Å². The number of hydrogen-bond acceptors (Lipinski definition) is 3. The van der Waals surface area contributed by atoms with Gasteiger partial charge >= 0.3 is 15.7 Å². The summed E-state index contributed by atoms with van der Waals surface area (Å²) in [6.07, 6.45) is 2.31. The van der Waals surface area contributed by atoms with Crippen molar-refractivity contribution in [1.29, 1.82) is 0 Å². The van der Waals surface area contributed by atoms with Gasteiger partial charge in [-0.15, -0.1) is 0 Å². The third-order valence-corrected chi connectivity index (χ3v) is 5.15. The predicted molar refractivity (Wildman–Crippen MR) is 92.6 cm³/mol. The van der Waals surface area contributed by atoms with Gasteiger partial charge in [-0.2, -0.15) is 0 Å². The molecule has 5 nitrogen and oxygen atoms in total. The van der Waals surface area contributed by atoms with Crippen LogP contribution in [0.2, 0.25) is 0 Å². The Bertz CT molecular complexity index is 686. The quantitative estimate of drug-likeness (QED) is 0.737. The van der Waals surface area contributed by atoms with Gasteiger partial charge in [0, 0.05) is 24.2 Å². The number of carbonyl (C=O) groups excluding carboxylic acids is 1. The van der Waals surface area contributed by atoms with Gasteiger partial charge in [0.1, 0.15) is 5.60 Å². The minimum atomic E-state index is -0.684. The monoisotopic (exact) mass is 343 g/mol. The molecule has 0 aromatic heterocycles. The fourth-order valence-electron chi connectivity index (χ4n) is 3.72. The van der Waals surface area contributed by atoms with Crippen LogP contribution >= 0.6 is 0 Å². The van der Waals surface area contributed by atoms with Crippen LogP contribution in [-0.4, -0.2) is 45.0 Å². The van der Waals surface area contributed by atoms with E-state index in [1.54, 1.807) is 4.90 Å². The average molecular weight is 343 g/mol. The van der Waals surface area contributed by atoms with Crippen LogP contribution in [0.4, 0.5) is 4.79 Å². The van der Waals surface area contributed by atoms with Crippen molar-refractivity contribution in [3.05, 3.63) is 35.4 Å². The molecule has 0 atom stereocenters. The number of nitrogens with zero attached hydrogens (tertiary/aromatic N) is 2. The lowest BCUT2D eigenvalue weighted by Crippen LogP contribution is -2.47.